The molecule has 0 fully saturated rings. The second kappa shape index (κ2) is 10.5. The molecule has 1 heterocycles. The van der Waals surface area contributed by atoms with Crippen LogP contribution in [0.4, 0.5) is 0 Å². The number of nitrogens with zero attached hydrogens (tertiary/aromatic N) is 1. The number of carbonyl (C=O) groups excluding carboxylic acids is 2. The highest BCUT2D eigenvalue weighted by atomic mass is 32.2. The first-order chi connectivity index (χ1) is 14.2. The standard InChI is InChI=1S/C21H28N2O6S/c1-5-22-30(26,27)18-9-6-8-17(13-18)21(25)29-14-20(24)19-12-15(2)23(16(19)3)10-7-11-28-4/h6,8-9,12-13,22H,5,7,10-11,14H2,1-4H3. The quantitative estimate of drug-likeness (QED) is 0.330. The molecule has 0 bridgehead atoms. The van der Waals surface area contributed by atoms with Gasteiger partial charge >= 0.3 is 5.97 Å². The fourth-order valence-electron chi connectivity index (χ4n) is 3.15. The van der Waals surface area contributed by atoms with Gasteiger partial charge in [0.2, 0.25) is 15.8 Å². The molecule has 0 aliphatic heterocycles. The summed E-state index contributed by atoms with van der Waals surface area (Å²) in [5.41, 5.74) is 2.32. The van der Waals surface area contributed by atoms with Crippen LogP contribution in [0.15, 0.2) is 35.2 Å². The van der Waals surface area contributed by atoms with Crippen LogP contribution in [0.5, 0.6) is 0 Å². The van der Waals surface area contributed by atoms with Gasteiger partial charge in [-0.2, -0.15) is 0 Å². The second-order valence-corrected chi connectivity index (χ2v) is 8.58. The van der Waals surface area contributed by atoms with Gasteiger partial charge < -0.3 is 14.0 Å². The van der Waals surface area contributed by atoms with Gasteiger partial charge in [-0.05, 0) is 44.5 Å². The van der Waals surface area contributed by atoms with Crippen LogP contribution in [0.3, 0.4) is 0 Å². The lowest BCUT2D eigenvalue weighted by atomic mass is 10.1. The Kier molecular flexibility index (Phi) is 8.33. The lowest BCUT2D eigenvalue weighted by molar-refractivity contribution is 0.0474. The molecule has 0 radical (unpaired) electrons. The van der Waals surface area contributed by atoms with Crippen molar-refractivity contribution in [2.75, 3.05) is 26.9 Å². The minimum absolute atomic E-state index is 0.0373. The summed E-state index contributed by atoms with van der Waals surface area (Å²) < 4.78 is 38.8. The lowest BCUT2D eigenvalue weighted by Crippen LogP contribution is -2.23. The molecule has 2 rings (SSSR count). The van der Waals surface area contributed by atoms with E-state index in [1.165, 1.54) is 24.3 Å². The van der Waals surface area contributed by atoms with Crippen LogP contribution in [-0.2, 0) is 26.0 Å². The summed E-state index contributed by atoms with van der Waals surface area (Å²) in [6.07, 6.45) is 0.821. The van der Waals surface area contributed by atoms with Crippen LogP contribution in [0.2, 0.25) is 0 Å². The zero-order chi connectivity index (χ0) is 22.3. The Morgan fingerprint density at radius 1 is 1.17 bits per heavy atom. The van der Waals surface area contributed by atoms with Gasteiger partial charge in [-0.1, -0.05) is 13.0 Å². The molecule has 0 saturated heterocycles. The molecule has 1 N–H and O–H groups in total. The number of aromatic nitrogens is 1. The van der Waals surface area contributed by atoms with Gasteiger partial charge in [-0.15, -0.1) is 0 Å². The zero-order valence-corrected chi connectivity index (χ0v) is 18.5. The van der Waals surface area contributed by atoms with Crippen molar-refractivity contribution in [1.29, 1.82) is 0 Å². The number of sulfonamides is 1. The smallest absolute Gasteiger partial charge is 0.338 e. The van der Waals surface area contributed by atoms with Crippen LogP contribution in [0.25, 0.3) is 0 Å². The number of rotatable bonds is 11. The minimum atomic E-state index is -3.69. The number of ketones is 1. The normalized spacial score (nSPS) is 11.5. The third kappa shape index (κ3) is 5.78. The first-order valence-electron chi connectivity index (χ1n) is 9.67. The van der Waals surface area contributed by atoms with Crippen molar-refractivity contribution in [2.45, 2.75) is 38.6 Å². The molecule has 0 amide bonds. The molecule has 0 unspecified atom stereocenters. The maximum Gasteiger partial charge on any atom is 0.338 e. The van der Waals surface area contributed by atoms with E-state index in [1.54, 1.807) is 20.1 Å². The highest BCUT2D eigenvalue weighted by molar-refractivity contribution is 7.89. The molecule has 0 aliphatic carbocycles. The molecule has 2 aromatic rings. The monoisotopic (exact) mass is 436 g/mol. The number of esters is 1. The molecule has 1 aromatic carbocycles. The van der Waals surface area contributed by atoms with E-state index in [0.717, 1.165) is 24.4 Å². The van der Waals surface area contributed by atoms with Crippen molar-refractivity contribution >= 4 is 21.8 Å². The number of ether oxygens (including phenoxy) is 2. The van der Waals surface area contributed by atoms with Crippen LogP contribution in [0, 0.1) is 13.8 Å². The first-order valence-corrected chi connectivity index (χ1v) is 11.1. The van der Waals surface area contributed by atoms with Gasteiger partial charge in [0.15, 0.2) is 6.61 Å². The highest BCUT2D eigenvalue weighted by Crippen LogP contribution is 2.17. The van der Waals surface area contributed by atoms with Gasteiger partial charge in [-0.3, -0.25) is 4.79 Å². The average molecular weight is 437 g/mol. The van der Waals surface area contributed by atoms with Crippen molar-refractivity contribution in [3.63, 3.8) is 0 Å². The SMILES string of the molecule is CCNS(=O)(=O)c1cccc(C(=O)OCC(=O)c2cc(C)n(CCCOC)c2C)c1. The van der Waals surface area contributed by atoms with E-state index in [0.29, 0.717) is 12.2 Å². The van der Waals surface area contributed by atoms with Gasteiger partial charge in [-0.25, -0.2) is 17.9 Å². The van der Waals surface area contributed by atoms with E-state index >= 15 is 0 Å². The summed E-state index contributed by atoms with van der Waals surface area (Å²) in [6.45, 7) is 6.59. The van der Waals surface area contributed by atoms with Crippen molar-refractivity contribution in [2.24, 2.45) is 0 Å². The Balaban J connectivity index is 2.07. The number of hydrogen-bond acceptors (Lipinski definition) is 6. The summed E-state index contributed by atoms with van der Waals surface area (Å²) >= 11 is 0. The molecule has 0 aliphatic rings. The number of nitrogens with one attached hydrogen (secondary N) is 1. The third-order valence-electron chi connectivity index (χ3n) is 4.65. The highest BCUT2D eigenvalue weighted by Gasteiger charge is 2.19. The van der Waals surface area contributed by atoms with Crippen LogP contribution >= 0.6 is 0 Å². The van der Waals surface area contributed by atoms with Crippen molar-refractivity contribution in [3.8, 4) is 0 Å². The molecule has 0 spiro atoms. The van der Waals surface area contributed by atoms with Gasteiger partial charge in [0, 0.05) is 43.8 Å². The third-order valence-corrected chi connectivity index (χ3v) is 6.20. The summed E-state index contributed by atoms with van der Waals surface area (Å²) in [5.74, 6) is -1.07. The maximum absolute atomic E-state index is 12.6. The summed E-state index contributed by atoms with van der Waals surface area (Å²) in [6, 6.07) is 7.29. The molecule has 9 heteroatoms. The lowest BCUT2D eigenvalue weighted by Gasteiger charge is -2.10. The average Bonchev–Trinajstić information content (AvgIpc) is 3.00. The Morgan fingerprint density at radius 2 is 1.90 bits per heavy atom. The number of benzene rings is 1. The summed E-state index contributed by atoms with van der Waals surface area (Å²) in [5, 5.41) is 0. The zero-order valence-electron chi connectivity index (χ0n) is 17.7. The van der Waals surface area contributed by atoms with E-state index in [-0.39, 0.29) is 22.8 Å². The van der Waals surface area contributed by atoms with E-state index in [2.05, 4.69) is 4.72 Å². The van der Waals surface area contributed by atoms with Crippen LogP contribution < -0.4 is 4.72 Å². The van der Waals surface area contributed by atoms with Gasteiger partial charge in [0.25, 0.3) is 0 Å². The Labute approximate surface area is 177 Å². The molecule has 164 valence electrons. The molecule has 30 heavy (non-hydrogen) atoms. The molecule has 8 nitrogen and oxygen atoms in total. The van der Waals surface area contributed by atoms with Crippen LogP contribution in [-0.4, -0.2) is 51.6 Å². The fraction of sp³-hybridized carbons (Fsp3) is 0.429. The van der Waals surface area contributed by atoms with Gasteiger partial charge in [0.05, 0.1) is 10.5 Å². The van der Waals surface area contributed by atoms with E-state index in [4.69, 9.17) is 9.47 Å². The second-order valence-electron chi connectivity index (χ2n) is 6.81. The molecule has 0 atom stereocenters. The van der Waals surface area contributed by atoms with E-state index in [1.807, 2.05) is 18.4 Å². The first kappa shape index (κ1) is 23.8. The topological polar surface area (TPSA) is 104 Å². The summed E-state index contributed by atoms with van der Waals surface area (Å²) in [4.78, 5) is 24.9. The Hall–Kier alpha value is -2.49. The molecular formula is C21H28N2O6S. The van der Waals surface area contributed by atoms with E-state index < -0.39 is 22.6 Å². The number of methoxy groups -OCH3 is 1. The van der Waals surface area contributed by atoms with Crippen molar-refractivity contribution < 1.29 is 27.5 Å². The molecular weight excluding hydrogens is 408 g/mol. The van der Waals surface area contributed by atoms with E-state index in [9.17, 15) is 18.0 Å². The number of carbonyl (C=O) groups is 2. The van der Waals surface area contributed by atoms with Crippen LogP contribution in [0.1, 0.15) is 45.4 Å². The predicted molar refractivity (Wildman–Crippen MR) is 112 cm³/mol. The summed E-state index contributed by atoms with van der Waals surface area (Å²) in [7, 11) is -2.05. The van der Waals surface area contributed by atoms with Crippen molar-refractivity contribution in [3.05, 3.63) is 52.8 Å². The number of aryl methyl sites for hydroxylation is 1. The largest absolute Gasteiger partial charge is 0.454 e. The maximum atomic E-state index is 12.6. The van der Waals surface area contributed by atoms with Gasteiger partial charge in [0.1, 0.15) is 0 Å². The predicted octanol–water partition coefficient (Wildman–Crippen LogP) is 2.48. The fourth-order valence-corrected chi connectivity index (χ4v) is 4.24. The Morgan fingerprint density at radius 3 is 2.57 bits per heavy atom. The molecule has 0 saturated carbocycles. The number of Topliss-reactive ketones (excluding diaryl/α,β-unsaturated/α-hetero) is 1. The molecule has 1 aromatic heterocycles. The Bertz CT molecular complexity index is 1010. The minimum Gasteiger partial charge on any atom is -0.454 e. The van der Waals surface area contributed by atoms with Crippen molar-refractivity contribution in [1.82, 2.24) is 9.29 Å². The number of hydrogen-bond donors (Lipinski definition) is 1.